The van der Waals surface area contributed by atoms with Gasteiger partial charge >= 0.3 is 0 Å². The number of sulfonamides is 1. The van der Waals surface area contributed by atoms with E-state index in [2.05, 4.69) is 4.90 Å². The molecular weight excluding hydrogens is 416 g/mol. The Morgan fingerprint density at radius 3 is 2.03 bits per heavy atom. The normalized spacial score (nSPS) is 15.9. The number of methoxy groups -OCH3 is 3. The molecule has 0 atom stereocenters. The largest absolute Gasteiger partial charge is 0.496 e. The lowest BCUT2D eigenvalue weighted by molar-refractivity contribution is 0.178. The molecule has 1 saturated heterocycles. The Labute approximate surface area is 176 Å². The van der Waals surface area contributed by atoms with E-state index in [-0.39, 0.29) is 9.92 Å². The molecule has 0 N–H and O–H groups in total. The van der Waals surface area contributed by atoms with Gasteiger partial charge in [0.2, 0.25) is 10.0 Å². The van der Waals surface area contributed by atoms with E-state index in [1.807, 2.05) is 12.1 Å². The average Bonchev–Trinajstić information content (AvgIpc) is 2.74. The molecule has 0 unspecified atom stereocenters. The minimum atomic E-state index is -3.61. The molecule has 1 fully saturated rings. The number of piperazine rings is 1. The second-order valence-corrected chi connectivity index (χ2v) is 8.93. The zero-order valence-electron chi connectivity index (χ0n) is 16.7. The quantitative estimate of drug-likeness (QED) is 0.659. The van der Waals surface area contributed by atoms with Crippen molar-refractivity contribution in [1.82, 2.24) is 9.21 Å². The van der Waals surface area contributed by atoms with Crippen LogP contribution in [0.15, 0.2) is 41.3 Å². The molecule has 1 aliphatic rings. The van der Waals surface area contributed by atoms with Gasteiger partial charge in [0, 0.05) is 44.9 Å². The molecule has 29 heavy (non-hydrogen) atoms. The summed E-state index contributed by atoms with van der Waals surface area (Å²) in [5.74, 6) is 2.00. The van der Waals surface area contributed by atoms with Gasteiger partial charge in [-0.2, -0.15) is 4.31 Å². The van der Waals surface area contributed by atoms with E-state index >= 15 is 0 Å². The highest BCUT2D eigenvalue weighted by Gasteiger charge is 2.30. The topological polar surface area (TPSA) is 68.3 Å². The summed E-state index contributed by atoms with van der Waals surface area (Å²) in [6.45, 7) is 2.52. The second kappa shape index (κ2) is 9.21. The molecule has 0 bridgehead atoms. The fourth-order valence-electron chi connectivity index (χ4n) is 3.38. The number of nitrogens with zero attached hydrogens (tertiary/aromatic N) is 2. The number of benzene rings is 2. The van der Waals surface area contributed by atoms with Crippen molar-refractivity contribution in [1.29, 1.82) is 0 Å². The third-order valence-electron chi connectivity index (χ3n) is 4.98. The molecule has 7 nitrogen and oxygen atoms in total. The van der Waals surface area contributed by atoms with Crippen LogP contribution < -0.4 is 14.2 Å². The first-order valence-electron chi connectivity index (χ1n) is 9.16. The van der Waals surface area contributed by atoms with Gasteiger partial charge in [0.25, 0.3) is 0 Å². The number of halogens is 1. The third-order valence-corrected chi connectivity index (χ3v) is 7.38. The third kappa shape index (κ3) is 4.61. The van der Waals surface area contributed by atoms with Crippen LogP contribution in [0.5, 0.6) is 17.2 Å². The van der Waals surface area contributed by atoms with Crippen molar-refractivity contribution in [3.05, 3.63) is 47.0 Å². The Morgan fingerprint density at radius 2 is 1.52 bits per heavy atom. The van der Waals surface area contributed by atoms with Crippen LogP contribution in [-0.2, 0) is 16.6 Å². The van der Waals surface area contributed by atoms with Crippen molar-refractivity contribution in [2.45, 2.75) is 11.4 Å². The molecule has 2 aromatic carbocycles. The Hall–Kier alpha value is -2.00. The summed E-state index contributed by atoms with van der Waals surface area (Å²) in [4.78, 5) is 2.32. The molecule has 0 aromatic heterocycles. The monoisotopic (exact) mass is 440 g/mol. The Morgan fingerprint density at radius 1 is 0.931 bits per heavy atom. The molecule has 1 heterocycles. The maximum atomic E-state index is 12.9. The molecule has 2 aromatic rings. The smallest absolute Gasteiger partial charge is 0.244 e. The fourth-order valence-corrected chi connectivity index (χ4v) is 5.29. The minimum Gasteiger partial charge on any atom is -0.496 e. The van der Waals surface area contributed by atoms with Crippen molar-refractivity contribution >= 4 is 21.6 Å². The van der Waals surface area contributed by atoms with E-state index in [0.717, 1.165) is 5.56 Å². The van der Waals surface area contributed by atoms with Gasteiger partial charge in [-0.15, -0.1) is 0 Å². The van der Waals surface area contributed by atoms with Gasteiger partial charge in [-0.3, -0.25) is 4.90 Å². The Bertz CT molecular complexity index is 934. The first kappa shape index (κ1) is 21.7. The van der Waals surface area contributed by atoms with Crippen LogP contribution in [0.2, 0.25) is 5.02 Å². The summed E-state index contributed by atoms with van der Waals surface area (Å²) in [6.07, 6.45) is 0. The summed E-state index contributed by atoms with van der Waals surface area (Å²) in [7, 11) is 1.18. The van der Waals surface area contributed by atoms with E-state index in [1.165, 1.54) is 10.4 Å². The van der Waals surface area contributed by atoms with Crippen molar-refractivity contribution < 1.29 is 22.6 Å². The first-order chi connectivity index (χ1) is 13.9. The van der Waals surface area contributed by atoms with Gasteiger partial charge in [0.05, 0.1) is 31.9 Å². The van der Waals surface area contributed by atoms with Crippen molar-refractivity contribution in [2.75, 3.05) is 47.5 Å². The number of hydrogen-bond acceptors (Lipinski definition) is 6. The second-order valence-electron chi connectivity index (χ2n) is 6.62. The molecule has 3 rings (SSSR count). The first-order valence-corrected chi connectivity index (χ1v) is 11.0. The van der Waals surface area contributed by atoms with E-state index in [4.69, 9.17) is 25.8 Å². The molecule has 0 spiro atoms. The predicted molar refractivity (Wildman–Crippen MR) is 112 cm³/mol. The van der Waals surface area contributed by atoms with Gasteiger partial charge in [-0.1, -0.05) is 23.7 Å². The molecular formula is C20H25ClN2O5S. The highest BCUT2D eigenvalue weighted by Crippen LogP contribution is 2.35. The fraction of sp³-hybridized carbons (Fsp3) is 0.400. The van der Waals surface area contributed by atoms with Crippen molar-refractivity contribution in [2.24, 2.45) is 0 Å². The van der Waals surface area contributed by atoms with E-state index in [9.17, 15) is 8.42 Å². The van der Waals surface area contributed by atoms with Crippen LogP contribution in [0.25, 0.3) is 0 Å². The van der Waals surface area contributed by atoms with Gasteiger partial charge in [-0.25, -0.2) is 8.42 Å². The molecule has 0 amide bonds. The predicted octanol–water partition coefficient (Wildman–Crippen LogP) is 2.87. The van der Waals surface area contributed by atoms with Crippen LogP contribution in [-0.4, -0.2) is 65.1 Å². The van der Waals surface area contributed by atoms with E-state index in [1.54, 1.807) is 39.5 Å². The van der Waals surface area contributed by atoms with Gasteiger partial charge < -0.3 is 14.2 Å². The lowest BCUT2D eigenvalue weighted by Gasteiger charge is -2.34. The zero-order valence-corrected chi connectivity index (χ0v) is 18.3. The Balaban J connectivity index is 1.73. The van der Waals surface area contributed by atoms with Crippen molar-refractivity contribution in [3.8, 4) is 17.2 Å². The van der Waals surface area contributed by atoms with Crippen LogP contribution in [0.4, 0.5) is 0 Å². The molecule has 0 radical (unpaired) electrons. The van der Waals surface area contributed by atoms with Gasteiger partial charge in [0.15, 0.2) is 0 Å². The van der Waals surface area contributed by atoms with Gasteiger partial charge in [-0.05, 0) is 12.1 Å². The Kier molecular flexibility index (Phi) is 6.89. The standard InChI is InChI=1S/C20H25ClN2O5S/c1-26-15-12-18(27-2)16(19(13-15)28-3)14-22-8-10-23(11-9-22)29(24,25)20-7-5-4-6-17(20)21/h4-7,12-13H,8-11,14H2,1-3H3. The summed E-state index contributed by atoms with van der Waals surface area (Å²) >= 11 is 6.10. The average molecular weight is 441 g/mol. The number of hydrogen-bond donors (Lipinski definition) is 0. The lowest BCUT2D eigenvalue weighted by Crippen LogP contribution is -2.48. The number of rotatable bonds is 7. The minimum absolute atomic E-state index is 0.147. The summed E-state index contributed by atoms with van der Waals surface area (Å²) in [5, 5.41) is 0.239. The molecule has 0 saturated carbocycles. The van der Waals surface area contributed by atoms with E-state index < -0.39 is 10.0 Å². The summed E-state index contributed by atoms with van der Waals surface area (Å²) in [5.41, 5.74) is 0.901. The molecule has 158 valence electrons. The molecule has 1 aliphatic heterocycles. The number of ether oxygens (including phenoxy) is 3. The van der Waals surface area contributed by atoms with Crippen LogP contribution >= 0.6 is 11.6 Å². The van der Waals surface area contributed by atoms with Crippen LogP contribution in [0.3, 0.4) is 0 Å². The van der Waals surface area contributed by atoms with Crippen LogP contribution in [0, 0.1) is 0 Å². The maximum Gasteiger partial charge on any atom is 0.244 e. The highest BCUT2D eigenvalue weighted by atomic mass is 35.5. The summed E-state index contributed by atoms with van der Waals surface area (Å²) < 4.78 is 43.6. The van der Waals surface area contributed by atoms with Crippen molar-refractivity contribution in [3.63, 3.8) is 0 Å². The molecule has 9 heteroatoms. The van der Waals surface area contributed by atoms with E-state index in [0.29, 0.717) is 50.0 Å². The zero-order chi connectivity index (χ0) is 21.0. The summed E-state index contributed by atoms with van der Waals surface area (Å²) in [6, 6.07) is 10.2. The highest BCUT2D eigenvalue weighted by molar-refractivity contribution is 7.89. The molecule has 0 aliphatic carbocycles. The SMILES string of the molecule is COc1cc(OC)c(CN2CCN(S(=O)(=O)c3ccccc3Cl)CC2)c(OC)c1. The lowest BCUT2D eigenvalue weighted by atomic mass is 10.1. The maximum absolute atomic E-state index is 12.9. The van der Waals surface area contributed by atoms with Gasteiger partial charge in [0.1, 0.15) is 22.1 Å². The van der Waals surface area contributed by atoms with Crippen LogP contribution in [0.1, 0.15) is 5.56 Å².